The summed E-state index contributed by atoms with van der Waals surface area (Å²) in [6, 6.07) is 14.7. The summed E-state index contributed by atoms with van der Waals surface area (Å²) in [4.78, 5) is 34.2. The van der Waals surface area contributed by atoms with Gasteiger partial charge < -0.3 is 21.1 Å². The first-order valence-corrected chi connectivity index (χ1v) is 12.2. The van der Waals surface area contributed by atoms with Crippen molar-refractivity contribution in [1.82, 2.24) is 14.9 Å². The molecule has 4 N–H and O–H groups in total. The summed E-state index contributed by atoms with van der Waals surface area (Å²) >= 11 is 0. The number of hydrogen-bond acceptors (Lipinski definition) is 7. The van der Waals surface area contributed by atoms with E-state index >= 15 is 0 Å². The molecule has 1 saturated carbocycles. The number of carboxylic acid groups (broad SMARTS) is 1. The van der Waals surface area contributed by atoms with Gasteiger partial charge >= 0.3 is 5.97 Å². The second-order valence-corrected chi connectivity index (χ2v) is 9.16. The Bertz CT molecular complexity index is 1230. The maximum absolute atomic E-state index is 11.6. The molecule has 0 spiro atoms. The summed E-state index contributed by atoms with van der Waals surface area (Å²) in [7, 11) is 2.11. The van der Waals surface area contributed by atoms with Gasteiger partial charge in [0, 0.05) is 42.8 Å². The molecule has 9 nitrogen and oxygen atoms in total. The molecule has 2 aromatic carbocycles. The third-order valence-corrected chi connectivity index (χ3v) is 6.33. The zero-order chi connectivity index (χ0) is 25.5. The number of carboxylic acids is 1. The molecule has 3 aromatic rings. The Hall–Kier alpha value is -3.98. The molecule has 0 radical (unpaired) electrons. The van der Waals surface area contributed by atoms with Gasteiger partial charge in [0.15, 0.2) is 0 Å². The molecule has 0 unspecified atom stereocenters. The van der Waals surface area contributed by atoms with E-state index in [0.29, 0.717) is 30.0 Å². The molecule has 0 aliphatic heterocycles. The summed E-state index contributed by atoms with van der Waals surface area (Å²) in [5.74, 6) is -0.121. The van der Waals surface area contributed by atoms with Crippen LogP contribution >= 0.6 is 0 Å². The van der Waals surface area contributed by atoms with Crippen LogP contribution < -0.4 is 16.0 Å². The average Bonchev–Trinajstić information content (AvgIpc) is 2.85. The van der Waals surface area contributed by atoms with Crippen LogP contribution in [0.4, 0.5) is 28.8 Å². The minimum absolute atomic E-state index is 0.145. The van der Waals surface area contributed by atoms with E-state index in [4.69, 9.17) is 0 Å². The number of nitrogens with one attached hydrogen (secondary N) is 3. The first kappa shape index (κ1) is 25.1. The molecule has 1 fully saturated rings. The molecule has 0 bridgehead atoms. The summed E-state index contributed by atoms with van der Waals surface area (Å²) in [5, 5.41) is 18.8. The number of carbonyl (C=O) groups excluding carboxylic acids is 1. The standard InChI is InChI=1S/C27H32N6O3/c1-18(34)29-21-7-6-8-22(16-21)30-27-28-14-13-25(32-27)31-24-12-11-19(26(35)36)15-20(24)17-33(2)23-9-4-3-5-10-23/h6-8,11-16,23H,3-5,9-10,17H2,1-2H3,(H,29,34)(H,35,36)(H2,28,30,31,32). The van der Waals surface area contributed by atoms with Crippen molar-refractivity contribution < 1.29 is 14.7 Å². The van der Waals surface area contributed by atoms with Crippen LogP contribution in [-0.2, 0) is 11.3 Å². The lowest BCUT2D eigenvalue weighted by Gasteiger charge is -2.31. The number of anilines is 5. The highest BCUT2D eigenvalue weighted by Gasteiger charge is 2.20. The molecule has 0 atom stereocenters. The predicted molar refractivity (Wildman–Crippen MR) is 141 cm³/mol. The molecule has 1 aliphatic rings. The number of amides is 1. The SMILES string of the molecule is CC(=O)Nc1cccc(Nc2nccc(Nc3ccc(C(=O)O)cc3CN(C)C3CCCCC3)n2)c1. The van der Waals surface area contributed by atoms with Crippen LogP contribution in [0.2, 0.25) is 0 Å². The van der Waals surface area contributed by atoms with Crippen LogP contribution in [0.25, 0.3) is 0 Å². The molecule has 1 aromatic heterocycles. The lowest BCUT2D eigenvalue weighted by atomic mass is 9.94. The monoisotopic (exact) mass is 488 g/mol. The molecule has 1 heterocycles. The van der Waals surface area contributed by atoms with E-state index < -0.39 is 5.97 Å². The highest BCUT2D eigenvalue weighted by molar-refractivity contribution is 5.89. The minimum atomic E-state index is -0.946. The molecule has 1 amide bonds. The Labute approximate surface area is 211 Å². The van der Waals surface area contributed by atoms with Crippen LogP contribution in [0.3, 0.4) is 0 Å². The van der Waals surface area contributed by atoms with Crippen LogP contribution in [0.1, 0.15) is 54.9 Å². The number of aromatic carboxylic acids is 1. The maximum Gasteiger partial charge on any atom is 0.335 e. The lowest BCUT2D eigenvalue weighted by Crippen LogP contribution is -2.33. The highest BCUT2D eigenvalue weighted by atomic mass is 16.4. The largest absolute Gasteiger partial charge is 0.478 e. The average molecular weight is 489 g/mol. The van der Waals surface area contributed by atoms with E-state index in [1.54, 1.807) is 42.6 Å². The number of nitrogens with zero attached hydrogens (tertiary/aromatic N) is 3. The van der Waals surface area contributed by atoms with Crippen LogP contribution in [-0.4, -0.2) is 44.9 Å². The number of aromatic nitrogens is 2. The van der Waals surface area contributed by atoms with E-state index in [1.165, 1.54) is 39.0 Å². The Balaban J connectivity index is 1.52. The van der Waals surface area contributed by atoms with Crippen molar-refractivity contribution in [2.24, 2.45) is 0 Å². The van der Waals surface area contributed by atoms with Crippen LogP contribution in [0.15, 0.2) is 54.7 Å². The zero-order valence-corrected chi connectivity index (χ0v) is 20.6. The van der Waals surface area contributed by atoms with Gasteiger partial charge in [-0.25, -0.2) is 9.78 Å². The van der Waals surface area contributed by atoms with Gasteiger partial charge in [-0.3, -0.25) is 9.69 Å². The Morgan fingerprint density at radius 1 is 1.03 bits per heavy atom. The summed E-state index contributed by atoms with van der Waals surface area (Å²) < 4.78 is 0. The molecule has 0 saturated heterocycles. The van der Waals surface area contributed by atoms with Crippen molar-refractivity contribution in [1.29, 1.82) is 0 Å². The normalized spacial score (nSPS) is 13.9. The molecular formula is C27H32N6O3. The van der Waals surface area contributed by atoms with Crippen molar-refractivity contribution in [3.05, 3.63) is 65.9 Å². The van der Waals surface area contributed by atoms with Crippen LogP contribution in [0, 0.1) is 0 Å². The number of rotatable bonds is 9. The van der Waals surface area contributed by atoms with E-state index in [-0.39, 0.29) is 11.5 Å². The first-order chi connectivity index (χ1) is 17.4. The highest BCUT2D eigenvalue weighted by Crippen LogP contribution is 2.27. The molecule has 36 heavy (non-hydrogen) atoms. The summed E-state index contributed by atoms with van der Waals surface area (Å²) in [6.45, 7) is 2.10. The van der Waals surface area contributed by atoms with Crippen molar-refractivity contribution >= 4 is 40.7 Å². The summed E-state index contributed by atoms with van der Waals surface area (Å²) in [5.41, 5.74) is 3.38. The van der Waals surface area contributed by atoms with Crippen LogP contribution in [0.5, 0.6) is 0 Å². The summed E-state index contributed by atoms with van der Waals surface area (Å²) in [6.07, 6.45) is 7.74. The predicted octanol–water partition coefficient (Wildman–Crippen LogP) is 5.38. The first-order valence-electron chi connectivity index (χ1n) is 12.2. The van der Waals surface area contributed by atoms with Gasteiger partial charge in [-0.2, -0.15) is 4.98 Å². The fourth-order valence-electron chi connectivity index (χ4n) is 4.53. The van der Waals surface area contributed by atoms with Gasteiger partial charge in [0.25, 0.3) is 0 Å². The fourth-order valence-corrected chi connectivity index (χ4v) is 4.53. The van der Waals surface area contributed by atoms with Gasteiger partial charge in [-0.1, -0.05) is 25.3 Å². The van der Waals surface area contributed by atoms with Crippen molar-refractivity contribution in [3.8, 4) is 0 Å². The maximum atomic E-state index is 11.6. The zero-order valence-electron chi connectivity index (χ0n) is 20.6. The van der Waals surface area contributed by atoms with E-state index in [9.17, 15) is 14.7 Å². The Kier molecular flexibility index (Phi) is 8.12. The van der Waals surface area contributed by atoms with Crippen molar-refractivity contribution in [3.63, 3.8) is 0 Å². The van der Waals surface area contributed by atoms with E-state index in [2.05, 4.69) is 37.9 Å². The smallest absolute Gasteiger partial charge is 0.335 e. The van der Waals surface area contributed by atoms with Gasteiger partial charge in [0.2, 0.25) is 11.9 Å². The third kappa shape index (κ3) is 6.79. The molecule has 9 heteroatoms. The second kappa shape index (κ2) is 11.6. The van der Waals surface area contributed by atoms with Gasteiger partial charge in [-0.05, 0) is 67.9 Å². The number of benzene rings is 2. The fraction of sp³-hybridized carbons (Fsp3) is 0.333. The topological polar surface area (TPSA) is 119 Å². The number of carbonyl (C=O) groups is 2. The second-order valence-electron chi connectivity index (χ2n) is 9.16. The van der Waals surface area contributed by atoms with Crippen molar-refractivity contribution in [2.45, 2.75) is 51.6 Å². The molecule has 4 rings (SSSR count). The lowest BCUT2D eigenvalue weighted by molar-refractivity contribution is -0.114. The van der Waals surface area contributed by atoms with E-state index in [1.807, 2.05) is 12.1 Å². The quantitative estimate of drug-likeness (QED) is 0.317. The van der Waals surface area contributed by atoms with Gasteiger partial charge in [0.05, 0.1) is 5.56 Å². The van der Waals surface area contributed by atoms with Gasteiger partial charge in [-0.15, -0.1) is 0 Å². The Morgan fingerprint density at radius 2 is 1.81 bits per heavy atom. The van der Waals surface area contributed by atoms with Crippen molar-refractivity contribution in [2.75, 3.05) is 23.0 Å². The molecule has 1 aliphatic carbocycles. The van der Waals surface area contributed by atoms with Gasteiger partial charge in [0.1, 0.15) is 5.82 Å². The molecular weight excluding hydrogens is 456 g/mol. The van der Waals surface area contributed by atoms with E-state index in [0.717, 1.165) is 16.9 Å². The minimum Gasteiger partial charge on any atom is -0.478 e. The molecule has 188 valence electrons. The Morgan fingerprint density at radius 3 is 2.56 bits per heavy atom. The third-order valence-electron chi connectivity index (χ3n) is 6.33. The number of hydrogen-bond donors (Lipinski definition) is 4.